The van der Waals surface area contributed by atoms with Crippen LogP contribution in [0.4, 0.5) is 5.69 Å². The van der Waals surface area contributed by atoms with Crippen molar-refractivity contribution in [3.05, 3.63) is 89.3 Å². The second kappa shape index (κ2) is 9.02. The average molecular weight is 512 g/mol. The summed E-state index contributed by atoms with van der Waals surface area (Å²) in [6.07, 6.45) is 3.85. The Morgan fingerprint density at radius 2 is 1.82 bits per heavy atom. The molecule has 9 nitrogen and oxygen atoms in total. The first-order valence-electron chi connectivity index (χ1n) is 12.5. The van der Waals surface area contributed by atoms with E-state index in [0.29, 0.717) is 54.5 Å². The predicted molar refractivity (Wildman–Crippen MR) is 138 cm³/mol. The fourth-order valence-electron chi connectivity index (χ4n) is 5.54. The number of fused-ring (bicyclic) bond motifs is 3. The van der Waals surface area contributed by atoms with E-state index in [0.717, 1.165) is 0 Å². The summed E-state index contributed by atoms with van der Waals surface area (Å²) in [6, 6.07) is 15.4. The number of likely N-dealkylation sites (tertiary alicyclic amines) is 1. The lowest BCUT2D eigenvalue weighted by Gasteiger charge is -2.34. The van der Waals surface area contributed by atoms with E-state index in [1.54, 1.807) is 65.8 Å². The fraction of sp³-hybridized carbons (Fsp3) is 0.241. The number of Topliss-reactive ketones (excluding diaryl/α,β-unsaturated/α-hetero) is 1. The first kappa shape index (κ1) is 23.7. The van der Waals surface area contributed by atoms with Gasteiger partial charge in [0.15, 0.2) is 17.0 Å². The molecule has 0 aliphatic carbocycles. The largest absolute Gasteiger partial charge is 0.507 e. The van der Waals surface area contributed by atoms with Gasteiger partial charge in [-0.25, -0.2) is 0 Å². The topological polar surface area (TPSA) is 109 Å². The highest BCUT2D eigenvalue weighted by atomic mass is 16.6. The molecule has 192 valence electrons. The maximum Gasteiger partial charge on any atom is 0.296 e. The first-order valence-corrected chi connectivity index (χ1v) is 12.5. The van der Waals surface area contributed by atoms with Gasteiger partial charge in [0.1, 0.15) is 19.0 Å². The molecule has 1 N–H and O–H groups in total. The molecule has 6 rings (SSSR count). The van der Waals surface area contributed by atoms with Crippen molar-refractivity contribution < 1.29 is 29.0 Å². The first-order chi connectivity index (χ1) is 18.5. The highest BCUT2D eigenvalue weighted by Crippen LogP contribution is 2.54. The molecule has 1 unspecified atom stereocenters. The number of amides is 2. The number of nitrogens with zero attached hydrogens (tertiary/aromatic N) is 3. The quantitative estimate of drug-likeness (QED) is 0.318. The normalized spacial score (nSPS) is 21.3. The van der Waals surface area contributed by atoms with Gasteiger partial charge in [0.05, 0.1) is 11.3 Å². The van der Waals surface area contributed by atoms with Crippen LogP contribution in [0.15, 0.2) is 72.6 Å². The van der Waals surface area contributed by atoms with Crippen LogP contribution in [0.5, 0.6) is 11.5 Å². The number of para-hydroxylation sites is 1. The smallest absolute Gasteiger partial charge is 0.296 e. The lowest BCUT2D eigenvalue weighted by molar-refractivity contribution is -0.144. The minimum atomic E-state index is -1.84. The van der Waals surface area contributed by atoms with Crippen molar-refractivity contribution in [1.29, 1.82) is 0 Å². The van der Waals surface area contributed by atoms with Crippen LogP contribution in [-0.2, 0) is 26.5 Å². The van der Waals surface area contributed by atoms with Crippen molar-refractivity contribution >= 4 is 29.0 Å². The van der Waals surface area contributed by atoms with Gasteiger partial charge in [-0.1, -0.05) is 31.2 Å². The zero-order valence-electron chi connectivity index (χ0n) is 20.7. The molecule has 38 heavy (non-hydrogen) atoms. The van der Waals surface area contributed by atoms with Crippen LogP contribution in [0.25, 0.3) is 5.76 Å². The van der Waals surface area contributed by atoms with E-state index in [4.69, 9.17) is 9.47 Å². The Balaban J connectivity index is 1.62. The summed E-state index contributed by atoms with van der Waals surface area (Å²) in [6.45, 7) is 3.03. The Morgan fingerprint density at radius 1 is 1.03 bits per heavy atom. The van der Waals surface area contributed by atoms with Gasteiger partial charge in [-0.05, 0) is 42.3 Å². The summed E-state index contributed by atoms with van der Waals surface area (Å²) in [5, 5.41) is 11.7. The van der Waals surface area contributed by atoms with Gasteiger partial charge in [0.25, 0.3) is 17.6 Å². The summed E-state index contributed by atoms with van der Waals surface area (Å²) in [4.78, 5) is 48.8. The minimum Gasteiger partial charge on any atom is -0.507 e. The Hall–Kier alpha value is -4.66. The molecule has 1 atom stereocenters. The molecule has 1 spiro atoms. The molecule has 1 fully saturated rings. The summed E-state index contributed by atoms with van der Waals surface area (Å²) in [7, 11) is 0. The monoisotopic (exact) mass is 511 g/mol. The van der Waals surface area contributed by atoms with Crippen molar-refractivity contribution in [3.63, 3.8) is 0 Å². The number of hydrogen-bond donors (Lipinski definition) is 1. The number of pyridine rings is 1. The van der Waals surface area contributed by atoms with E-state index in [1.165, 1.54) is 4.90 Å². The maximum atomic E-state index is 14.4. The van der Waals surface area contributed by atoms with Gasteiger partial charge in [0.2, 0.25) is 0 Å². The van der Waals surface area contributed by atoms with Gasteiger partial charge in [-0.2, -0.15) is 0 Å². The lowest BCUT2D eigenvalue weighted by Crippen LogP contribution is -2.51. The van der Waals surface area contributed by atoms with Crippen LogP contribution < -0.4 is 14.4 Å². The summed E-state index contributed by atoms with van der Waals surface area (Å²) in [5.41, 5.74) is -0.141. The Morgan fingerprint density at radius 3 is 2.58 bits per heavy atom. The number of anilines is 1. The number of carbonyl (C=O) groups is 3. The molecule has 3 aliphatic rings. The van der Waals surface area contributed by atoms with E-state index in [2.05, 4.69) is 4.98 Å². The van der Waals surface area contributed by atoms with Gasteiger partial charge in [0, 0.05) is 36.6 Å². The van der Waals surface area contributed by atoms with Crippen LogP contribution in [-0.4, -0.2) is 52.3 Å². The number of aromatic nitrogens is 1. The predicted octanol–water partition coefficient (Wildman–Crippen LogP) is 3.39. The molecule has 9 heteroatoms. The number of carbonyl (C=O) groups excluding carboxylic acids is 3. The second-order valence-electron chi connectivity index (χ2n) is 9.35. The average Bonchev–Trinajstić information content (AvgIpc) is 3.32. The zero-order valence-corrected chi connectivity index (χ0v) is 20.7. The Labute approximate surface area is 218 Å². The third-order valence-electron chi connectivity index (χ3n) is 7.14. The van der Waals surface area contributed by atoms with Crippen molar-refractivity contribution in [2.45, 2.75) is 25.4 Å². The Kier molecular flexibility index (Phi) is 5.63. The van der Waals surface area contributed by atoms with E-state index < -0.39 is 28.9 Å². The van der Waals surface area contributed by atoms with E-state index >= 15 is 0 Å². The molecular weight excluding hydrogens is 486 g/mol. The number of rotatable bonds is 5. The van der Waals surface area contributed by atoms with Crippen LogP contribution in [0, 0.1) is 0 Å². The van der Waals surface area contributed by atoms with E-state index in [-0.39, 0.29) is 17.7 Å². The number of ketones is 1. The number of benzene rings is 2. The maximum absolute atomic E-state index is 14.4. The zero-order chi connectivity index (χ0) is 26.4. The summed E-state index contributed by atoms with van der Waals surface area (Å²) < 4.78 is 11.2. The molecule has 0 radical (unpaired) electrons. The van der Waals surface area contributed by atoms with Gasteiger partial charge in [-0.3, -0.25) is 19.4 Å². The van der Waals surface area contributed by atoms with Crippen molar-refractivity contribution in [3.8, 4) is 11.5 Å². The second-order valence-corrected chi connectivity index (χ2v) is 9.35. The highest BCUT2D eigenvalue weighted by Gasteiger charge is 2.67. The molecule has 2 aromatic carbocycles. The van der Waals surface area contributed by atoms with Crippen LogP contribution >= 0.6 is 0 Å². The van der Waals surface area contributed by atoms with Crippen LogP contribution in [0.3, 0.4) is 0 Å². The van der Waals surface area contributed by atoms with Crippen molar-refractivity contribution in [2.24, 2.45) is 0 Å². The Bertz CT molecular complexity index is 1500. The van der Waals surface area contributed by atoms with Crippen molar-refractivity contribution in [2.75, 3.05) is 24.7 Å². The molecule has 1 aromatic heterocycles. The number of aliphatic hydroxyl groups is 1. The molecule has 4 heterocycles. The number of ether oxygens (including phenoxy) is 2. The molecule has 0 saturated carbocycles. The number of hydrogen-bond acceptors (Lipinski definition) is 7. The third kappa shape index (κ3) is 3.31. The third-order valence-corrected chi connectivity index (χ3v) is 7.14. The number of aliphatic hydroxyl groups excluding tert-OH is 1. The van der Waals surface area contributed by atoms with Crippen LogP contribution in [0.2, 0.25) is 0 Å². The molecular formula is C29H25N3O6. The fourth-order valence-corrected chi connectivity index (χ4v) is 5.54. The SMILES string of the molecule is CCCN1C(=O)C2(C(=C(O)c3ccc4c(c3)OCCO4)C(=O)C(=O)N2Cc2cccnc2)c2ccccc21. The summed E-state index contributed by atoms with van der Waals surface area (Å²) >= 11 is 0. The molecule has 3 aromatic rings. The molecule has 0 bridgehead atoms. The van der Waals surface area contributed by atoms with Crippen molar-refractivity contribution in [1.82, 2.24) is 9.88 Å². The van der Waals surface area contributed by atoms with Crippen LogP contribution in [0.1, 0.15) is 30.0 Å². The van der Waals surface area contributed by atoms with Gasteiger partial charge in [-0.15, -0.1) is 0 Å². The molecule has 1 saturated heterocycles. The highest BCUT2D eigenvalue weighted by molar-refractivity contribution is 6.50. The van der Waals surface area contributed by atoms with E-state index in [9.17, 15) is 19.5 Å². The standard InChI is InChI=1S/C29H25N3O6/c1-2-12-31-21-8-4-3-7-20(21)29(28(31)36)24(25(33)19-9-10-22-23(15-19)38-14-13-37-22)26(34)27(35)32(29)17-18-6-5-11-30-16-18/h3-11,15-16,33H,2,12-14,17H2,1H3. The minimum absolute atomic E-state index is 0.0453. The van der Waals surface area contributed by atoms with Gasteiger partial charge >= 0.3 is 0 Å². The summed E-state index contributed by atoms with van der Waals surface area (Å²) in [5.74, 6) is -1.78. The molecule has 2 amide bonds. The lowest BCUT2D eigenvalue weighted by atomic mass is 9.81. The molecule has 3 aliphatic heterocycles. The van der Waals surface area contributed by atoms with Gasteiger partial charge < -0.3 is 24.4 Å². The van der Waals surface area contributed by atoms with E-state index in [1.807, 2.05) is 13.0 Å².